The molecule has 0 spiro atoms. The van der Waals surface area contributed by atoms with Crippen molar-refractivity contribution in [1.29, 1.82) is 0 Å². The van der Waals surface area contributed by atoms with E-state index in [2.05, 4.69) is 23.8 Å². The lowest BCUT2D eigenvalue weighted by Crippen LogP contribution is -2.28. The minimum absolute atomic E-state index is 0.0221. The van der Waals surface area contributed by atoms with Crippen LogP contribution in [0.15, 0.2) is 12.2 Å². The number of esters is 1. The largest absolute Gasteiger partial charge is 0.469 e. The van der Waals surface area contributed by atoms with Gasteiger partial charge in [-0.1, -0.05) is 31.9 Å². The van der Waals surface area contributed by atoms with Crippen molar-refractivity contribution in [3.05, 3.63) is 12.2 Å². The van der Waals surface area contributed by atoms with Gasteiger partial charge in [-0.3, -0.25) is 9.59 Å². The van der Waals surface area contributed by atoms with E-state index in [4.69, 9.17) is 5.73 Å². The van der Waals surface area contributed by atoms with Crippen molar-refractivity contribution in [2.45, 2.75) is 89.7 Å². The van der Waals surface area contributed by atoms with Crippen molar-refractivity contribution in [1.82, 2.24) is 0 Å². The number of Topliss-reactive ketones (excluding diaryl/α,β-unsaturated/α-hetero) is 1. The molecule has 0 aromatic heterocycles. The third-order valence-corrected chi connectivity index (χ3v) is 5.48. The number of ether oxygens (including phenoxy) is 1. The minimum atomic E-state index is -0.384. The summed E-state index contributed by atoms with van der Waals surface area (Å²) in [6.45, 7) is 2.14. The first-order valence-corrected chi connectivity index (χ1v) is 10.2. The van der Waals surface area contributed by atoms with E-state index >= 15 is 0 Å². The van der Waals surface area contributed by atoms with Gasteiger partial charge in [0.15, 0.2) is 0 Å². The summed E-state index contributed by atoms with van der Waals surface area (Å²) in [5, 5.41) is 10.3. The molecule has 1 fully saturated rings. The Morgan fingerprint density at radius 3 is 2.58 bits per heavy atom. The smallest absolute Gasteiger partial charge is 0.305 e. The zero-order valence-corrected chi connectivity index (χ0v) is 16.5. The molecule has 26 heavy (non-hydrogen) atoms. The molecule has 1 aliphatic carbocycles. The van der Waals surface area contributed by atoms with E-state index in [-0.39, 0.29) is 30.0 Å². The highest BCUT2D eigenvalue weighted by Gasteiger charge is 2.39. The Bertz CT molecular complexity index is 449. The minimum Gasteiger partial charge on any atom is -0.469 e. The van der Waals surface area contributed by atoms with Crippen LogP contribution in [0.4, 0.5) is 0 Å². The fourth-order valence-electron chi connectivity index (χ4n) is 3.85. The standard InChI is InChI=1S/C21H37NO4/c1-3-4-7-10-16(23)13-14-17-18(20(24)15-19(17)22)11-8-5-6-9-12-21(25)26-2/h5,8,17-20,24H,3-4,6-7,9-15,22H2,1-2H3/t17-,18-,19-,20?/m1/s1. The molecule has 0 aromatic carbocycles. The molecular formula is C21H37NO4. The van der Waals surface area contributed by atoms with E-state index in [0.717, 1.165) is 44.9 Å². The Morgan fingerprint density at radius 2 is 1.88 bits per heavy atom. The fourth-order valence-corrected chi connectivity index (χ4v) is 3.85. The molecule has 5 nitrogen and oxygen atoms in total. The Hall–Kier alpha value is -1.20. The number of unbranched alkanes of at least 4 members (excludes halogenated alkanes) is 3. The van der Waals surface area contributed by atoms with Gasteiger partial charge in [-0.15, -0.1) is 0 Å². The Morgan fingerprint density at radius 1 is 1.12 bits per heavy atom. The number of carbonyl (C=O) groups is 2. The first kappa shape index (κ1) is 22.8. The van der Waals surface area contributed by atoms with Gasteiger partial charge in [0.2, 0.25) is 0 Å². The zero-order chi connectivity index (χ0) is 19.4. The van der Waals surface area contributed by atoms with Crippen LogP contribution >= 0.6 is 0 Å². The molecule has 1 unspecified atom stereocenters. The topological polar surface area (TPSA) is 89.6 Å². The predicted octanol–water partition coefficient (Wildman–Crippen LogP) is 3.53. The van der Waals surface area contributed by atoms with Crippen LogP contribution in [0.2, 0.25) is 0 Å². The molecule has 1 aliphatic rings. The van der Waals surface area contributed by atoms with Crippen molar-refractivity contribution in [2.24, 2.45) is 17.6 Å². The molecule has 0 aromatic rings. The lowest BCUT2D eigenvalue weighted by molar-refractivity contribution is -0.140. The maximum Gasteiger partial charge on any atom is 0.305 e. The van der Waals surface area contributed by atoms with E-state index in [0.29, 0.717) is 31.5 Å². The number of hydrogen-bond donors (Lipinski definition) is 2. The monoisotopic (exact) mass is 367 g/mol. The van der Waals surface area contributed by atoms with Crippen LogP contribution in [0.25, 0.3) is 0 Å². The Labute approximate surface area is 158 Å². The number of hydrogen-bond acceptors (Lipinski definition) is 5. The van der Waals surface area contributed by atoms with Crippen LogP contribution in [-0.2, 0) is 14.3 Å². The number of ketones is 1. The number of aliphatic hydroxyl groups excluding tert-OH is 1. The number of nitrogens with two attached hydrogens (primary N) is 1. The highest BCUT2D eigenvalue weighted by Crippen LogP contribution is 2.37. The second-order valence-corrected chi connectivity index (χ2v) is 7.50. The van der Waals surface area contributed by atoms with Gasteiger partial charge in [-0.05, 0) is 50.4 Å². The zero-order valence-electron chi connectivity index (χ0n) is 16.5. The van der Waals surface area contributed by atoms with Crippen molar-refractivity contribution in [2.75, 3.05) is 7.11 Å². The van der Waals surface area contributed by atoms with E-state index in [1.54, 1.807) is 0 Å². The first-order valence-electron chi connectivity index (χ1n) is 10.2. The Kier molecular flexibility index (Phi) is 11.5. The fraction of sp³-hybridized carbons (Fsp3) is 0.810. The van der Waals surface area contributed by atoms with Crippen LogP contribution in [-0.4, -0.2) is 36.1 Å². The first-order chi connectivity index (χ1) is 12.5. The van der Waals surface area contributed by atoms with Gasteiger partial charge in [-0.2, -0.15) is 0 Å². The Balaban J connectivity index is 2.36. The number of allylic oxidation sites excluding steroid dienone is 2. The molecule has 3 N–H and O–H groups in total. The third-order valence-electron chi connectivity index (χ3n) is 5.48. The van der Waals surface area contributed by atoms with Gasteiger partial charge in [0.25, 0.3) is 0 Å². The van der Waals surface area contributed by atoms with Crippen LogP contribution in [0.5, 0.6) is 0 Å². The van der Waals surface area contributed by atoms with Crippen LogP contribution in [0.3, 0.4) is 0 Å². The van der Waals surface area contributed by atoms with Crippen molar-refractivity contribution in [3.8, 4) is 0 Å². The van der Waals surface area contributed by atoms with Crippen LogP contribution in [0, 0.1) is 11.8 Å². The average molecular weight is 368 g/mol. The van der Waals surface area contributed by atoms with E-state index in [1.165, 1.54) is 7.11 Å². The van der Waals surface area contributed by atoms with Gasteiger partial charge in [0.1, 0.15) is 5.78 Å². The van der Waals surface area contributed by atoms with Gasteiger partial charge >= 0.3 is 5.97 Å². The summed E-state index contributed by atoms with van der Waals surface area (Å²) in [7, 11) is 1.40. The van der Waals surface area contributed by atoms with Crippen LogP contribution in [0.1, 0.15) is 77.6 Å². The van der Waals surface area contributed by atoms with Gasteiger partial charge in [0.05, 0.1) is 13.2 Å². The predicted molar refractivity (Wildman–Crippen MR) is 104 cm³/mol. The summed E-state index contributed by atoms with van der Waals surface area (Å²) < 4.78 is 4.62. The van der Waals surface area contributed by atoms with E-state index in [1.807, 2.05) is 0 Å². The highest BCUT2D eigenvalue weighted by molar-refractivity contribution is 5.78. The van der Waals surface area contributed by atoms with E-state index in [9.17, 15) is 14.7 Å². The molecule has 0 radical (unpaired) electrons. The van der Waals surface area contributed by atoms with Gasteiger partial charge in [0, 0.05) is 25.3 Å². The van der Waals surface area contributed by atoms with Gasteiger partial charge < -0.3 is 15.6 Å². The molecule has 4 atom stereocenters. The third kappa shape index (κ3) is 8.45. The number of aliphatic hydroxyl groups is 1. The quantitative estimate of drug-likeness (QED) is 0.295. The van der Waals surface area contributed by atoms with Crippen molar-refractivity contribution < 1.29 is 19.4 Å². The lowest BCUT2D eigenvalue weighted by Gasteiger charge is -2.22. The van der Waals surface area contributed by atoms with Gasteiger partial charge in [-0.25, -0.2) is 0 Å². The highest BCUT2D eigenvalue weighted by atomic mass is 16.5. The number of methoxy groups -OCH3 is 1. The second-order valence-electron chi connectivity index (χ2n) is 7.50. The van der Waals surface area contributed by atoms with Crippen molar-refractivity contribution >= 4 is 11.8 Å². The molecule has 0 amide bonds. The van der Waals surface area contributed by atoms with Crippen LogP contribution < -0.4 is 5.73 Å². The normalized spacial score (nSPS) is 25.7. The molecule has 0 aliphatic heterocycles. The molecule has 5 heteroatoms. The summed E-state index contributed by atoms with van der Waals surface area (Å²) in [4.78, 5) is 23.1. The number of rotatable bonds is 13. The molecule has 0 saturated heterocycles. The summed E-state index contributed by atoms with van der Waals surface area (Å²) in [5.41, 5.74) is 6.22. The summed E-state index contributed by atoms with van der Waals surface area (Å²) >= 11 is 0. The molecule has 1 saturated carbocycles. The second kappa shape index (κ2) is 13.0. The maximum atomic E-state index is 12.0. The summed E-state index contributed by atoms with van der Waals surface area (Å²) in [6.07, 6.45) is 12.4. The summed E-state index contributed by atoms with van der Waals surface area (Å²) in [6, 6.07) is -0.0221. The average Bonchev–Trinajstić information content (AvgIpc) is 2.89. The van der Waals surface area contributed by atoms with E-state index < -0.39 is 0 Å². The molecule has 1 rings (SSSR count). The molecule has 0 bridgehead atoms. The molecule has 0 heterocycles. The maximum absolute atomic E-state index is 12.0. The SMILES string of the molecule is CCCCCC(=O)CC[C@H]1[C@H](N)CC(O)[C@@H]1CC=CCCCC(=O)OC. The number of carbonyl (C=O) groups excluding carboxylic acids is 2. The molecular weight excluding hydrogens is 330 g/mol. The van der Waals surface area contributed by atoms with Crippen molar-refractivity contribution in [3.63, 3.8) is 0 Å². The molecule has 150 valence electrons. The lowest BCUT2D eigenvalue weighted by atomic mass is 9.85. The summed E-state index contributed by atoms with van der Waals surface area (Å²) in [5.74, 6) is 0.480.